The van der Waals surface area contributed by atoms with E-state index in [0.29, 0.717) is 43.1 Å². The molecule has 5 N–H and O–H groups in total. The van der Waals surface area contributed by atoms with Crippen LogP contribution in [0.15, 0.2) is 96.0 Å². The number of rotatable bonds is 14. The Bertz CT molecular complexity index is 2710. The summed E-state index contributed by atoms with van der Waals surface area (Å²) in [7, 11) is 4.34. The number of likely N-dealkylation sites (N-methyl/N-ethyl adjacent to an activating group) is 2. The topological polar surface area (TPSA) is 176 Å². The maximum atomic E-state index is 13.2. The fraction of sp³-hybridized carbons (Fsp3) is 0.306. The van der Waals surface area contributed by atoms with Crippen LogP contribution in [0.5, 0.6) is 0 Å². The van der Waals surface area contributed by atoms with E-state index in [9.17, 15) is 46.1 Å². The molecule has 22 heteroatoms. The van der Waals surface area contributed by atoms with Gasteiger partial charge in [0.05, 0.1) is 55.5 Å². The second kappa shape index (κ2) is 27.7. The number of quaternary nitrogens is 2. The monoisotopic (exact) mass is 1110 g/mol. The summed E-state index contributed by atoms with van der Waals surface area (Å²) in [4.78, 5) is 47.8. The molecule has 0 fully saturated rings. The zero-order valence-corrected chi connectivity index (χ0v) is 44.6. The van der Waals surface area contributed by atoms with Gasteiger partial charge in [0.15, 0.2) is 23.3 Å². The lowest BCUT2D eigenvalue weighted by Crippen LogP contribution is -2.36. The number of thiophene rings is 2. The van der Waals surface area contributed by atoms with E-state index in [-0.39, 0.29) is 22.1 Å². The van der Waals surface area contributed by atoms with Gasteiger partial charge in [0.1, 0.15) is 24.4 Å². The molecule has 0 aliphatic heterocycles. The number of aliphatic hydroxyl groups excluding tert-OH is 2. The maximum absolute atomic E-state index is 13.2. The van der Waals surface area contributed by atoms with Crippen molar-refractivity contribution in [2.24, 2.45) is 0 Å². The highest BCUT2D eigenvalue weighted by atomic mass is 35.5. The lowest BCUT2D eigenvalue weighted by molar-refractivity contribution is -0.870. The van der Waals surface area contributed by atoms with Gasteiger partial charge in [-0.2, -0.15) is 0 Å². The zero-order valence-electron chi connectivity index (χ0n) is 39.6. The number of carbonyl (C=O) groups is 2. The average molecular weight is 1110 g/mol. The molecule has 2 heterocycles. The summed E-state index contributed by atoms with van der Waals surface area (Å²) < 4.78 is 80.5. The van der Waals surface area contributed by atoms with E-state index in [0.717, 1.165) is 69.1 Å². The number of carbonyl (C=O) groups excluding carboxylic acids is 2. The van der Waals surface area contributed by atoms with Crippen molar-refractivity contribution < 1.29 is 66.7 Å². The molecule has 4 aromatic carbocycles. The Morgan fingerprint density at radius 2 is 1.03 bits per heavy atom. The van der Waals surface area contributed by atoms with Crippen LogP contribution in [0.3, 0.4) is 0 Å². The second-order valence-electron chi connectivity index (χ2n) is 17.8. The highest BCUT2D eigenvalue weighted by molar-refractivity contribution is 7.58. The third-order valence-electron chi connectivity index (χ3n) is 9.60. The van der Waals surface area contributed by atoms with Crippen molar-refractivity contribution in [2.45, 2.75) is 18.7 Å². The van der Waals surface area contributed by atoms with Crippen molar-refractivity contribution in [3.8, 4) is 0 Å². The zero-order chi connectivity index (χ0) is 52.8. The first-order valence-corrected chi connectivity index (χ1v) is 27.9. The first kappa shape index (κ1) is 62.9. The summed E-state index contributed by atoms with van der Waals surface area (Å²) in [6, 6.07) is 16.7. The number of nitrogens with one attached hydrogen (secondary N) is 2. The van der Waals surface area contributed by atoms with E-state index < -0.39 is 61.1 Å². The van der Waals surface area contributed by atoms with Gasteiger partial charge in [0.2, 0.25) is 19.2 Å². The Balaban J connectivity index is 0.000000557. The van der Waals surface area contributed by atoms with Gasteiger partial charge >= 0.3 is 0 Å². The first-order chi connectivity index (χ1) is 32.4. The molecule has 0 spiro atoms. The number of hydrogen-bond acceptors (Lipinski definition) is 9. The van der Waals surface area contributed by atoms with E-state index in [1.807, 2.05) is 0 Å². The highest BCUT2D eigenvalue weighted by Gasteiger charge is 2.36. The number of benzene rings is 4. The lowest BCUT2D eigenvalue weighted by Gasteiger charge is -2.27. The van der Waals surface area contributed by atoms with Crippen molar-refractivity contribution >= 4 is 105 Å². The standard InChI is InChI=1S/2C19H15ClF2NO3PS.2C5H14NO.CH4.H2/c2*1-27(25,26)18(14-10-28-17-5-3-12(20)9-13(14)17)19(24)23-7-6-11-2-4-15(21)16(22)8-11;2*1-6(2,3)4-5-7;;/h2*2-10,18H,1H3,(H,23,24)(H,25,26);2*7H,4-5H2,1-3H3;1H4;1H/q;;2*+1;;/p-1/b2*7-6+;;;;/i;;;;;1+1. The molecule has 2 amide bonds. The van der Waals surface area contributed by atoms with E-state index in [2.05, 4.69) is 52.9 Å². The van der Waals surface area contributed by atoms with E-state index in [1.54, 1.807) is 47.2 Å². The van der Waals surface area contributed by atoms with Crippen LogP contribution in [0.25, 0.3) is 32.3 Å². The minimum absolute atomic E-state index is 0. The molecule has 0 bridgehead atoms. The number of nitrogens with zero attached hydrogens (tertiary/aromatic N) is 2. The fourth-order valence-electron chi connectivity index (χ4n) is 6.12. The number of amides is 2. The highest BCUT2D eigenvalue weighted by Crippen LogP contribution is 2.55. The van der Waals surface area contributed by atoms with E-state index in [4.69, 9.17) is 33.4 Å². The Morgan fingerprint density at radius 1 is 0.662 bits per heavy atom. The van der Waals surface area contributed by atoms with Crippen molar-refractivity contribution in [3.05, 3.63) is 152 Å². The van der Waals surface area contributed by atoms with E-state index >= 15 is 0 Å². The third-order valence-corrected chi connectivity index (χ3v) is 15.0. The maximum Gasteiger partial charge on any atom is 0.241 e. The molecular weight excluding hydrogens is 1050 g/mol. The molecule has 4 atom stereocenters. The molecule has 390 valence electrons. The molecule has 0 aliphatic rings. The van der Waals surface area contributed by atoms with E-state index in [1.165, 1.54) is 59.4 Å². The largest absolute Gasteiger partial charge is 0.799 e. The van der Waals surface area contributed by atoms with Gasteiger partial charge in [0, 0.05) is 47.3 Å². The summed E-state index contributed by atoms with van der Waals surface area (Å²) in [6.07, 6.45) is 5.11. The van der Waals surface area contributed by atoms with Crippen LogP contribution in [-0.2, 0) is 18.7 Å². The number of hydrogen-bond donors (Lipinski definition) is 5. The number of fused-ring (bicyclic) bond motifs is 2. The average Bonchev–Trinajstić information content (AvgIpc) is 3.82. The minimum atomic E-state index is -4.11. The predicted molar refractivity (Wildman–Crippen MR) is 284 cm³/mol. The number of aliphatic hydroxyl groups is 2. The smallest absolute Gasteiger partial charge is 0.241 e. The van der Waals surface area contributed by atoms with Crippen LogP contribution >= 0.6 is 60.6 Å². The summed E-state index contributed by atoms with van der Waals surface area (Å²) in [5.74, 6) is -5.43. The molecule has 0 aliphatic carbocycles. The van der Waals surface area contributed by atoms with Crippen LogP contribution in [0, 0.1) is 23.3 Å². The van der Waals surface area contributed by atoms with Crippen molar-refractivity contribution in [1.82, 2.24) is 10.6 Å². The molecule has 0 saturated heterocycles. The summed E-state index contributed by atoms with van der Waals surface area (Å²) >= 11 is 14.7. The molecule has 12 nitrogen and oxygen atoms in total. The van der Waals surface area contributed by atoms with Crippen LogP contribution < -0.4 is 15.5 Å². The summed E-state index contributed by atoms with van der Waals surface area (Å²) in [5.41, 5.74) is -1.31. The summed E-state index contributed by atoms with van der Waals surface area (Å²) in [5, 5.41) is 27.0. The van der Waals surface area contributed by atoms with Gasteiger partial charge in [-0.25, -0.2) is 17.6 Å². The Hall–Kier alpha value is -4.26. The first-order valence-electron chi connectivity index (χ1n) is 21.0. The van der Waals surface area contributed by atoms with Crippen molar-refractivity contribution in [2.75, 3.05) is 81.9 Å². The molecule has 6 aromatic rings. The van der Waals surface area contributed by atoms with Gasteiger partial charge in [-0.3, -0.25) is 14.2 Å². The summed E-state index contributed by atoms with van der Waals surface area (Å²) in [6.45, 7) is 4.35. The van der Waals surface area contributed by atoms with Gasteiger partial charge in [-0.1, -0.05) is 42.8 Å². The van der Waals surface area contributed by atoms with Crippen LogP contribution in [0.2, 0.25) is 10.0 Å². The van der Waals surface area contributed by atoms with Crippen LogP contribution in [-0.4, -0.2) is 118 Å². The van der Waals surface area contributed by atoms with Crippen molar-refractivity contribution in [3.63, 3.8) is 0 Å². The minimum Gasteiger partial charge on any atom is -0.799 e. The molecule has 4 unspecified atom stereocenters. The Morgan fingerprint density at radius 3 is 1.34 bits per heavy atom. The second-order valence-corrected chi connectivity index (χ2v) is 25.3. The third kappa shape index (κ3) is 20.6. The Labute approximate surface area is 432 Å². The lowest BCUT2D eigenvalue weighted by atomic mass is 10.1. The molecule has 0 saturated carbocycles. The van der Waals surface area contributed by atoms with Crippen LogP contribution in [0.1, 0.15) is 42.4 Å². The Kier molecular flexibility index (Phi) is 24.5. The molecular formula is C49H63Cl2F4N4O8P2S2+. The molecule has 6 rings (SSSR count). The van der Waals surface area contributed by atoms with Crippen LogP contribution in [0.4, 0.5) is 17.6 Å². The predicted octanol–water partition coefficient (Wildman–Crippen LogP) is 10.7. The quantitative estimate of drug-likeness (QED) is 0.0407. The van der Waals surface area contributed by atoms with Crippen molar-refractivity contribution in [1.29, 1.82) is 0 Å². The molecule has 2 aromatic heterocycles. The number of halogens is 6. The molecule has 0 radical (unpaired) electrons. The van der Waals surface area contributed by atoms with Gasteiger partial charge in [-0.05, 0) is 123 Å². The van der Waals surface area contributed by atoms with Gasteiger partial charge in [0.25, 0.3) is 0 Å². The van der Waals surface area contributed by atoms with Gasteiger partial charge < -0.3 is 44.2 Å². The molecule has 71 heavy (non-hydrogen) atoms. The normalized spacial score (nSPS) is 14.1. The van der Waals surface area contributed by atoms with Gasteiger partial charge in [-0.15, -0.1) is 22.7 Å². The fourth-order valence-corrected chi connectivity index (χ4v) is 11.1. The SMILES string of the molecule is C.CP(=O)(O)C(C(=O)N/C=C/c1ccc(F)c(F)c1)c1csc2ccc(Cl)cc12.CP(=O)([O-])C(C(=O)N/C=C/c1ccc(F)c(F)c1)c1csc2ccc(Cl)cc12.C[N+](C)(C)CCO.C[N+](C)(C)CCO.[2HH].